The van der Waals surface area contributed by atoms with Crippen molar-refractivity contribution in [3.63, 3.8) is 0 Å². The monoisotopic (exact) mass is 429 g/mol. The van der Waals surface area contributed by atoms with Crippen molar-refractivity contribution in [2.45, 2.75) is 20.3 Å². The second-order valence-corrected chi connectivity index (χ2v) is 7.12. The Bertz CT molecular complexity index is 1170. The fourth-order valence-corrected chi connectivity index (χ4v) is 2.99. The smallest absolute Gasteiger partial charge is 0.256 e. The van der Waals surface area contributed by atoms with Crippen molar-refractivity contribution in [3.8, 4) is 0 Å². The SMILES string of the molecule is C=CC(=O)Nc1cccc(Cc2ncc(NC(=O)c3cc(NC(C)=O)ccc3C)cn2)c1. The largest absolute Gasteiger partial charge is 0.326 e. The maximum Gasteiger partial charge on any atom is 0.256 e. The van der Waals surface area contributed by atoms with Gasteiger partial charge in [-0.25, -0.2) is 9.97 Å². The lowest BCUT2D eigenvalue weighted by molar-refractivity contribution is -0.114. The lowest BCUT2D eigenvalue weighted by Gasteiger charge is -2.10. The Balaban J connectivity index is 1.67. The molecule has 8 nitrogen and oxygen atoms in total. The Morgan fingerprint density at radius 3 is 2.34 bits per heavy atom. The van der Waals surface area contributed by atoms with Gasteiger partial charge in [-0.2, -0.15) is 0 Å². The van der Waals surface area contributed by atoms with Gasteiger partial charge in [0.15, 0.2) is 0 Å². The molecule has 32 heavy (non-hydrogen) atoms. The zero-order valence-electron chi connectivity index (χ0n) is 17.8. The third kappa shape index (κ3) is 6.09. The van der Waals surface area contributed by atoms with Crippen LogP contribution in [0.5, 0.6) is 0 Å². The molecule has 0 unspecified atom stereocenters. The van der Waals surface area contributed by atoms with Gasteiger partial charge in [-0.1, -0.05) is 24.8 Å². The third-order valence-corrected chi connectivity index (χ3v) is 4.51. The highest BCUT2D eigenvalue weighted by atomic mass is 16.2. The van der Waals surface area contributed by atoms with Crippen LogP contribution in [0.1, 0.15) is 34.2 Å². The van der Waals surface area contributed by atoms with Gasteiger partial charge in [-0.3, -0.25) is 14.4 Å². The van der Waals surface area contributed by atoms with E-state index in [1.807, 2.05) is 25.1 Å². The number of hydrogen-bond donors (Lipinski definition) is 3. The Hall–Kier alpha value is -4.33. The highest BCUT2D eigenvalue weighted by Gasteiger charge is 2.12. The summed E-state index contributed by atoms with van der Waals surface area (Å²) in [5, 5.41) is 8.16. The zero-order chi connectivity index (χ0) is 23.1. The predicted molar refractivity (Wildman–Crippen MR) is 124 cm³/mol. The molecular formula is C24H23N5O3. The molecule has 3 aromatic rings. The highest BCUT2D eigenvalue weighted by molar-refractivity contribution is 6.06. The van der Waals surface area contributed by atoms with Crippen molar-refractivity contribution in [3.05, 3.63) is 90.0 Å². The highest BCUT2D eigenvalue weighted by Crippen LogP contribution is 2.18. The Labute approximate surface area is 185 Å². The van der Waals surface area contributed by atoms with E-state index in [4.69, 9.17) is 0 Å². The molecule has 0 bridgehead atoms. The van der Waals surface area contributed by atoms with Crippen molar-refractivity contribution in [1.82, 2.24) is 9.97 Å². The van der Waals surface area contributed by atoms with E-state index in [0.717, 1.165) is 11.1 Å². The van der Waals surface area contributed by atoms with E-state index in [0.29, 0.717) is 34.9 Å². The first kappa shape index (κ1) is 22.4. The molecule has 3 rings (SSSR count). The van der Waals surface area contributed by atoms with E-state index >= 15 is 0 Å². The minimum atomic E-state index is -0.322. The number of amides is 3. The van der Waals surface area contributed by atoms with E-state index in [2.05, 4.69) is 32.5 Å². The second-order valence-electron chi connectivity index (χ2n) is 7.12. The number of anilines is 3. The minimum Gasteiger partial charge on any atom is -0.326 e. The van der Waals surface area contributed by atoms with Crippen LogP contribution in [-0.2, 0) is 16.0 Å². The summed E-state index contributed by atoms with van der Waals surface area (Å²) < 4.78 is 0. The average molecular weight is 429 g/mol. The predicted octanol–water partition coefficient (Wildman–Crippen LogP) is 3.71. The van der Waals surface area contributed by atoms with E-state index in [1.54, 1.807) is 24.3 Å². The van der Waals surface area contributed by atoms with Crippen LogP contribution < -0.4 is 16.0 Å². The number of rotatable bonds is 7. The molecule has 1 aromatic heterocycles. The molecule has 0 spiro atoms. The van der Waals surface area contributed by atoms with Gasteiger partial charge in [0.05, 0.1) is 18.1 Å². The first-order valence-corrected chi connectivity index (χ1v) is 9.87. The number of carbonyl (C=O) groups excluding carboxylic acids is 3. The fourth-order valence-electron chi connectivity index (χ4n) is 2.99. The first-order valence-electron chi connectivity index (χ1n) is 9.87. The Morgan fingerprint density at radius 1 is 0.938 bits per heavy atom. The zero-order valence-corrected chi connectivity index (χ0v) is 17.8. The summed E-state index contributed by atoms with van der Waals surface area (Å²) in [5.74, 6) is -0.245. The van der Waals surface area contributed by atoms with E-state index in [1.165, 1.54) is 25.4 Å². The Morgan fingerprint density at radius 2 is 1.66 bits per heavy atom. The van der Waals surface area contributed by atoms with Crippen LogP contribution >= 0.6 is 0 Å². The van der Waals surface area contributed by atoms with Crippen molar-refractivity contribution in [1.29, 1.82) is 0 Å². The lowest BCUT2D eigenvalue weighted by atomic mass is 10.1. The summed E-state index contributed by atoms with van der Waals surface area (Å²) in [6.45, 7) is 6.66. The minimum absolute atomic E-state index is 0.210. The molecule has 0 radical (unpaired) electrons. The third-order valence-electron chi connectivity index (χ3n) is 4.51. The summed E-state index contributed by atoms with van der Waals surface area (Å²) in [6.07, 6.45) is 4.75. The molecule has 3 amide bonds. The van der Waals surface area contributed by atoms with Gasteiger partial charge >= 0.3 is 0 Å². The summed E-state index contributed by atoms with van der Waals surface area (Å²) >= 11 is 0. The molecule has 0 saturated carbocycles. The van der Waals surface area contributed by atoms with Crippen LogP contribution in [-0.4, -0.2) is 27.7 Å². The molecule has 2 aromatic carbocycles. The summed E-state index contributed by atoms with van der Waals surface area (Å²) in [5.41, 5.74) is 3.81. The number of benzene rings is 2. The normalized spacial score (nSPS) is 10.2. The van der Waals surface area contributed by atoms with Crippen molar-refractivity contribution < 1.29 is 14.4 Å². The molecule has 0 atom stereocenters. The number of hydrogen-bond acceptors (Lipinski definition) is 5. The van der Waals surface area contributed by atoms with E-state index in [9.17, 15) is 14.4 Å². The van der Waals surface area contributed by atoms with Crippen LogP contribution in [0.25, 0.3) is 0 Å². The van der Waals surface area contributed by atoms with E-state index in [-0.39, 0.29) is 17.7 Å². The maximum absolute atomic E-state index is 12.7. The van der Waals surface area contributed by atoms with Gasteiger partial charge in [0.25, 0.3) is 5.91 Å². The number of aryl methyl sites for hydroxylation is 1. The summed E-state index contributed by atoms with van der Waals surface area (Å²) in [6, 6.07) is 12.5. The average Bonchev–Trinajstić information content (AvgIpc) is 2.76. The van der Waals surface area contributed by atoms with Gasteiger partial charge in [-0.05, 0) is 48.4 Å². The van der Waals surface area contributed by atoms with Crippen molar-refractivity contribution in [2.75, 3.05) is 16.0 Å². The molecule has 0 fully saturated rings. The maximum atomic E-state index is 12.7. The molecule has 0 aliphatic carbocycles. The molecule has 1 heterocycles. The van der Waals surface area contributed by atoms with Crippen LogP contribution in [0, 0.1) is 6.92 Å². The summed E-state index contributed by atoms with van der Waals surface area (Å²) in [4.78, 5) is 44.0. The Kier molecular flexibility index (Phi) is 7.07. The molecule has 8 heteroatoms. The van der Waals surface area contributed by atoms with Gasteiger partial charge in [-0.15, -0.1) is 0 Å². The van der Waals surface area contributed by atoms with Crippen LogP contribution in [0.2, 0.25) is 0 Å². The van der Waals surface area contributed by atoms with Gasteiger partial charge in [0.1, 0.15) is 5.82 Å². The molecule has 162 valence electrons. The van der Waals surface area contributed by atoms with Crippen LogP contribution in [0.15, 0.2) is 67.5 Å². The number of nitrogens with zero attached hydrogens (tertiary/aromatic N) is 2. The lowest BCUT2D eigenvalue weighted by Crippen LogP contribution is -2.15. The summed E-state index contributed by atoms with van der Waals surface area (Å²) in [7, 11) is 0. The topological polar surface area (TPSA) is 113 Å². The number of carbonyl (C=O) groups is 3. The van der Waals surface area contributed by atoms with Gasteiger partial charge < -0.3 is 16.0 Å². The number of aromatic nitrogens is 2. The molecule has 0 aliphatic heterocycles. The second kappa shape index (κ2) is 10.1. The molecule has 0 saturated heterocycles. The fraction of sp³-hybridized carbons (Fsp3) is 0.125. The van der Waals surface area contributed by atoms with Crippen molar-refractivity contribution >= 4 is 34.8 Å². The molecular weight excluding hydrogens is 406 g/mol. The quantitative estimate of drug-likeness (QED) is 0.496. The molecule has 0 aliphatic rings. The van der Waals surface area contributed by atoms with Gasteiger partial charge in [0.2, 0.25) is 11.8 Å². The van der Waals surface area contributed by atoms with E-state index < -0.39 is 0 Å². The number of nitrogens with one attached hydrogen (secondary N) is 3. The van der Waals surface area contributed by atoms with Crippen molar-refractivity contribution in [2.24, 2.45) is 0 Å². The standard InChI is InChI=1S/C24H23N5O3/c1-4-23(31)28-18-7-5-6-17(10-18)11-22-25-13-20(14-26-22)29-24(32)21-12-19(27-16(3)30)9-8-15(21)2/h4-10,12-14H,1,11H2,2-3H3,(H,27,30)(H,28,31)(H,29,32). The van der Waals surface area contributed by atoms with Crippen LogP contribution in [0.3, 0.4) is 0 Å². The first-order chi connectivity index (χ1) is 15.3. The van der Waals surface area contributed by atoms with Gasteiger partial charge in [0, 0.05) is 30.3 Å². The molecule has 3 N–H and O–H groups in total. The van der Waals surface area contributed by atoms with Crippen LogP contribution in [0.4, 0.5) is 17.1 Å².